The molecule has 0 aromatic rings. The number of hydrogen-bond donors (Lipinski definition) is 0. The predicted molar refractivity (Wildman–Crippen MR) is 62.8 cm³/mol. The number of rotatable bonds is 5. The van der Waals surface area contributed by atoms with Crippen LogP contribution in [0.25, 0.3) is 0 Å². The van der Waals surface area contributed by atoms with Crippen molar-refractivity contribution in [2.45, 2.75) is 52.7 Å². The second-order valence-corrected chi connectivity index (χ2v) is 4.47. The molecule has 0 atom stereocenters. The summed E-state index contributed by atoms with van der Waals surface area (Å²) in [7, 11) is 0. The maximum Gasteiger partial charge on any atom is 0.176 e. The summed E-state index contributed by atoms with van der Waals surface area (Å²) in [6.45, 7) is 8.15. The predicted octanol–water partition coefficient (Wildman–Crippen LogP) is 3.52. The number of hydrogen-bond acceptors (Lipinski definition) is 2. The summed E-state index contributed by atoms with van der Waals surface area (Å²) < 4.78 is 11.4. The summed E-state index contributed by atoms with van der Waals surface area (Å²) in [5.41, 5.74) is 0.272. The van der Waals surface area contributed by atoms with Gasteiger partial charge >= 0.3 is 0 Å². The van der Waals surface area contributed by atoms with Crippen molar-refractivity contribution < 1.29 is 9.47 Å². The van der Waals surface area contributed by atoms with Crippen LogP contribution in [0.3, 0.4) is 0 Å². The minimum absolute atomic E-state index is 0.115. The molecule has 0 N–H and O–H groups in total. The summed E-state index contributed by atoms with van der Waals surface area (Å²) in [4.78, 5) is 0. The van der Waals surface area contributed by atoms with Gasteiger partial charge in [0, 0.05) is 5.41 Å². The largest absolute Gasteiger partial charge is 0.348 e. The first-order valence-electron chi connectivity index (χ1n) is 6.12. The summed E-state index contributed by atoms with van der Waals surface area (Å²) in [5.74, 6) is 0. The van der Waals surface area contributed by atoms with Crippen molar-refractivity contribution >= 4 is 0 Å². The van der Waals surface area contributed by atoms with Gasteiger partial charge in [-0.05, 0) is 25.8 Å². The molecule has 0 unspecified atom stereocenters. The molecule has 2 heteroatoms. The molecular weight excluding hydrogens is 188 g/mol. The molecule has 1 aliphatic heterocycles. The van der Waals surface area contributed by atoms with E-state index in [4.69, 9.17) is 9.47 Å². The van der Waals surface area contributed by atoms with E-state index >= 15 is 0 Å². The molecule has 0 radical (unpaired) electrons. The van der Waals surface area contributed by atoms with E-state index in [0.29, 0.717) is 0 Å². The highest BCUT2D eigenvalue weighted by molar-refractivity contribution is 4.87. The van der Waals surface area contributed by atoms with Crippen LogP contribution in [0.2, 0.25) is 0 Å². The molecule has 1 heterocycles. The fraction of sp³-hybridized carbons (Fsp3) is 0.846. The van der Waals surface area contributed by atoms with Gasteiger partial charge in [-0.3, -0.25) is 0 Å². The molecule has 15 heavy (non-hydrogen) atoms. The van der Waals surface area contributed by atoms with Crippen molar-refractivity contribution in [3.63, 3.8) is 0 Å². The van der Waals surface area contributed by atoms with E-state index in [1.807, 2.05) is 19.1 Å². The van der Waals surface area contributed by atoms with Crippen molar-refractivity contribution in [1.82, 2.24) is 0 Å². The van der Waals surface area contributed by atoms with Crippen molar-refractivity contribution in [3.8, 4) is 0 Å². The first kappa shape index (κ1) is 12.7. The van der Waals surface area contributed by atoms with Crippen LogP contribution in [0.15, 0.2) is 12.2 Å². The second kappa shape index (κ2) is 6.29. The Bertz CT molecular complexity index is 191. The Balaban J connectivity index is 2.43. The van der Waals surface area contributed by atoms with Gasteiger partial charge in [0.25, 0.3) is 0 Å². The van der Waals surface area contributed by atoms with Crippen LogP contribution in [0, 0.1) is 5.41 Å². The molecule has 0 amide bonds. The molecule has 0 aliphatic carbocycles. The van der Waals surface area contributed by atoms with E-state index in [1.54, 1.807) is 0 Å². The Hall–Kier alpha value is -0.340. The molecule has 1 aliphatic rings. The topological polar surface area (TPSA) is 18.5 Å². The van der Waals surface area contributed by atoms with Crippen LogP contribution in [0.5, 0.6) is 0 Å². The molecular formula is C13H24O2. The standard InChI is InChI=1S/C13H24O2/c1-4-7-9-13(6-3)10-14-12(8-5-2)15-11-13/h5,8,12H,4,6-7,9-11H2,1-3H3. The third-order valence-electron chi connectivity index (χ3n) is 3.27. The third kappa shape index (κ3) is 3.62. The van der Waals surface area contributed by atoms with Gasteiger partial charge in [-0.2, -0.15) is 0 Å². The van der Waals surface area contributed by atoms with Crippen molar-refractivity contribution in [1.29, 1.82) is 0 Å². The molecule has 1 rings (SSSR count). The normalized spacial score (nSPS) is 32.3. The zero-order valence-electron chi connectivity index (χ0n) is 10.3. The maximum absolute atomic E-state index is 5.71. The number of unbranched alkanes of at least 4 members (excludes halogenated alkanes) is 1. The van der Waals surface area contributed by atoms with E-state index in [-0.39, 0.29) is 11.7 Å². The van der Waals surface area contributed by atoms with Gasteiger partial charge in [0.2, 0.25) is 0 Å². The Kier molecular flexibility index (Phi) is 5.34. The van der Waals surface area contributed by atoms with E-state index in [2.05, 4.69) is 13.8 Å². The van der Waals surface area contributed by atoms with Crippen molar-refractivity contribution in [2.24, 2.45) is 5.41 Å². The fourth-order valence-electron chi connectivity index (χ4n) is 1.95. The first-order valence-corrected chi connectivity index (χ1v) is 6.12. The van der Waals surface area contributed by atoms with E-state index in [0.717, 1.165) is 19.6 Å². The van der Waals surface area contributed by atoms with Crippen molar-refractivity contribution in [2.75, 3.05) is 13.2 Å². The fourth-order valence-corrected chi connectivity index (χ4v) is 1.95. The van der Waals surface area contributed by atoms with Gasteiger partial charge < -0.3 is 9.47 Å². The van der Waals surface area contributed by atoms with Crippen LogP contribution in [-0.4, -0.2) is 19.5 Å². The monoisotopic (exact) mass is 212 g/mol. The number of ether oxygens (including phenoxy) is 2. The van der Waals surface area contributed by atoms with Crippen LogP contribution >= 0.6 is 0 Å². The van der Waals surface area contributed by atoms with Crippen LogP contribution in [0.4, 0.5) is 0 Å². The molecule has 0 aromatic carbocycles. The van der Waals surface area contributed by atoms with Gasteiger partial charge in [-0.25, -0.2) is 0 Å². The minimum atomic E-state index is -0.115. The zero-order valence-corrected chi connectivity index (χ0v) is 10.3. The molecule has 1 saturated heterocycles. The highest BCUT2D eigenvalue weighted by Crippen LogP contribution is 2.33. The molecule has 0 bridgehead atoms. The SMILES string of the molecule is CC=CC1OCC(CC)(CCCC)CO1. The van der Waals surface area contributed by atoms with Gasteiger partial charge in [-0.15, -0.1) is 0 Å². The Morgan fingerprint density at radius 2 is 1.93 bits per heavy atom. The quantitative estimate of drug-likeness (QED) is 0.649. The van der Waals surface area contributed by atoms with E-state index in [9.17, 15) is 0 Å². The lowest BCUT2D eigenvalue weighted by molar-refractivity contribution is -0.209. The van der Waals surface area contributed by atoms with Crippen molar-refractivity contribution in [3.05, 3.63) is 12.2 Å². The third-order valence-corrected chi connectivity index (χ3v) is 3.27. The summed E-state index contributed by atoms with van der Waals surface area (Å²) in [5, 5.41) is 0. The molecule has 0 spiro atoms. The van der Waals surface area contributed by atoms with Gasteiger partial charge in [-0.1, -0.05) is 32.8 Å². The zero-order chi connectivity index (χ0) is 11.1. The van der Waals surface area contributed by atoms with Gasteiger partial charge in [0.15, 0.2) is 6.29 Å². The lowest BCUT2D eigenvalue weighted by Crippen LogP contribution is -2.40. The average molecular weight is 212 g/mol. The Morgan fingerprint density at radius 1 is 1.27 bits per heavy atom. The smallest absolute Gasteiger partial charge is 0.176 e. The van der Waals surface area contributed by atoms with E-state index < -0.39 is 0 Å². The first-order chi connectivity index (χ1) is 7.26. The molecule has 1 fully saturated rings. The van der Waals surface area contributed by atoms with Gasteiger partial charge in [0.1, 0.15) is 0 Å². The number of allylic oxidation sites excluding steroid dienone is 1. The average Bonchev–Trinajstić information content (AvgIpc) is 2.29. The highest BCUT2D eigenvalue weighted by Gasteiger charge is 2.33. The van der Waals surface area contributed by atoms with E-state index in [1.165, 1.54) is 19.3 Å². The van der Waals surface area contributed by atoms with Gasteiger partial charge in [0.05, 0.1) is 13.2 Å². The van der Waals surface area contributed by atoms with Crippen LogP contribution in [-0.2, 0) is 9.47 Å². The highest BCUT2D eigenvalue weighted by atomic mass is 16.7. The van der Waals surface area contributed by atoms with Crippen LogP contribution < -0.4 is 0 Å². The summed E-state index contributed by atoms with van der Waals surface area (Å²) >= 11 is 0. The molecule has 0 saturated carbocycles. The Morgan fingerprint density at radius 3 is 2.40 bits per heavy atom. The molecule has 88 valence electrons. The lowest BCUT2D eigenvalue weighted by atomic mass is 9.81. The summed E-state index contributed by atoms with van der Waals surface area (Å²) in [6, 6.07) is 0. The summed E-state index contributed by atoms with van der Waals surface area (Å²) in [6.07, 6.45) is 8.73. The molecule has 2 nitrogen and oxygen atoms in total. The lowest BCUT2D eigenvalue weighted by Gasteiger charge is -2.38. The second-order valence-electron chi connectivity index (χ2n) is 4.47. The minimum Gasteiger partial charge on any atom is -0.348 e. The Labute approximate surface area is 93.7 Å². The maximum atomic E-state index is 5.71. The molecule has 0 aromatic heterocycles. The van der Waals surface area contributed by atoms with Crippen LogP contribution in [0.1, 0.15) is 46.5 Å².